The summed E-state index contributed by atoms with van der Waals surface area (Å²) in [6.45, 7) is 0. The number of fused-ring (bicyclic) bond motifs is 3. The van der Waals surface area contributed by atoms with Crippen molar-refractivity contribution in [3.8, 4) is 5.75 Å². The summed E-state index contributed by atoms with van der Waals surface area (Å²) >= 11 is 5.74. The minimum atomic E-state index is -2.42. The summed E-state index contributed by atoms with van der Waals surface area (Å²) < 4.78 is 30.6. The first-order valence-corrected chi connectivity index (χ1v) is 4.78. The van der Waals surface area contributed by atoms with Crippen LogP contribution in [-0.4, -0.2) is 12.0 Å². The Kier molecular flexibility index (Phi) is 2.17. The molecule has 0 saturated heterocycles. The van der Waals surface area contributed by atoms with Crippen LogP contribution in [0, 0.1) is 0 Å². The van der Waals surface area contributed by atoms with Crippen molar-refractivity contribution in [2.24, 2.45) is 0 Å². The van der Waals surface area contributed by atoms with Gasteiger partial charge in [-0.05, 0) is 12.1 Å². The number of alkyl halides is 2. The average Bonchev–Trinajstić information content (AvgIpc) is 2.75. The van der Waals surface area contributed by atoms with Crippen molar-refractivity contribution in [3.05, 3.63) is 28.8 Å². The lowest BCUT2D eigenvalue weighted by atomic mass is 10.1. The van der Waals surface area contributed by atoms with Gasteiger partial charge in [-0.25, -0.2) is 8.78 Å². The summed E-state index contributed by atoms with van der Waals surface area (Å²) in [7, 11) is 0. The molecule has 1 aromatic rings. The molecule has 2 aliphatic rings. The molecule has 1 heterocycles. The van der Waals surface area contributed by atoms with Gasteiger partial charge < -0.3 is 10.9 Å². The van der Waals surface area contributed by atoms with Crippen LogP contribution in [0.15, 0.2) is 18.2 Å². The first-order valence-electron chi connectivity index (χ1n) is 4.40. The second-order valence-corrected chi connectivity index (χ2v) is 4.23. The van der Waals surface area contributed by atoms with E-state index in [1.54, 1.807) is 18.2 Å². The number of rotatable bonds is 1. The van der Waals surface area contributed by atoms with Crippen molar-refractivity contribution in [2.75, 3.05) is 0 Å². The highest BCUT2D eigenvalue weighted by Gasteiger charge is 2.68. The van der Waals surface area contributed by atoms with E-state index in [4.69, 9.17) is 16.3 Å². The highest BCUT2D eigenvalue weighted by atomic mass is 35.5. The van der Waals surface area contributed by atoms with E-state index in [0.717, 1.165) is 5.56 Å². The van der Waals surface area contributed by atoms with E-state index in [-0.39, 0.29) is 12.1 Å². The van der Waals surface area contributed by atoms with Crippen molar-refractivity contribution >= 4 is 11.6 Å². The summed E-state index contributed by atoms with van der Waals surface area (Å²) in [5, 5.41) is 0.523. The van der Waals surface area contributed by atoms with Gasteiger partial charge in [0.15, 0.2) is 5.60 Å². The SMILES string of the molecule is FC(F)C12CC1c1ccc(Cl)cc1O2.N. The van der Waals surface area contributed by atoms with Crippen molar-refractivity contribution in [3.63, 3.8) is 0 Å². The third kappa shape index (κ3) is 1.25. The molecule has 1 aromatic carbocycles. The van der Waals surface area contributed by atoms with Gasteiger partial charge >= 0.3 is 0 Å². The molecule has 0 aromatic heterocycles. The van der Waals surface area contributed by atoms with Gasteiger partial charge in [-0.1, -0.05) is 17.7 Å². The number of hydrogen-bond donors (Lipinski definition) is 1. The van der Waals surface area contributed by atoms with Gasteiger partial charge in [0.2, 0.25) is 0 Å². The van der Waals surface area contributed by atoms with Crippen LogP contribution in [0.5, 0.6) is 5.75 Å². The Bertz CT molecular complexity index is 412. The molecule has 1 aliphatic heterocycles. The molecule has 2 nitrogen and oxygen atoms in total. The molecule has 0 spiro atoms. The molecule has 2 atom stereocenters. The molecule has 3 rings (SSSR count). The van der Waals surface area contributed by atoms with Crippen LogP contribution in [0.2, 0.25) is 5.02 Å². The van der Waals surface area contributed by atoms with E-state index in [9.17, 15) is 8.78 Å². The second-order valence-electron chi connectivity index (χ2n) is 3.80. The lowest BCUT2D eigenvalue weighted by Crippen LogP contribution is -2.26. The van der Waals surface area contributed by atoms with E-state index < -0.39 is 12.0 Å². The van der Waals surface area contributed by atoms with Crippen LogP contribution in [-0.2, 0) is 0 Å². The van der Waals surface area contributed by atoms with Gasteiger partial charge in [0.25, 0.3) is 6.43 Å². The van der Waals surface area contributed by atoms with Crippen molar-refractivity contribution in [1.29, 1.82) is 0 Å². The molecular formula is C10H10ClF2NO. The van der Waals surface area contributed by atoms with Crippen LogP contribution >= 0.6 is 11.6 Å². The topological polar surface area (TPSA) is 44.2 Å². The maximum atomic E-state index is 12.7. The summed E-state index contributed by atoms with van der Waals surface area (Å²) in [6.07, 6.45) is -1.99. The predicted octanol–water partition coefficient (Wildman–Crippen LogP) is 3.39. The zero-order chi connectivity index (χ0) is 9.92. The van der Waals surface area contributed by atoms with Crippen LogP contribution in [0.25, 0.3) is 0 Å². The third-order valence-electron chi connectivity index (χ3n) is 2.97. The quantitative estimate of drug-likeness (QED) is 0.808. The number of hydrogen-bond acceptors (Lipinski definition) is 2. The Morgan fingerprint density at radius 1 is 1.47 bits per heavy atom. The molecule has 1 saturated carbocycles. The smallest absolute Gasteiger partial charge is 0.278 e. The fourth-order valence-corrected chi connectivity index (χ4v) is 2.28. The standard InChI is InChI=1S/C10H7ClF2O.H3N/c11-5-1-2-6-7-4-10(7,9(12)13)14-8(6)3-5;/h1-3,7,9H,4H2;1H3. The van der Waals surface area contributed by atoms with E-state index in [1.807, 2.05) is 0 Å². The largest absolute Gasteiger partial charge is 0.480 e. The summed E-state index contributed by atoms with van der Waals surface area (Å²) in [5.41, 5.74) is -0.359. The Morgan fingerprint density at radius 3 is 2.87 bits per heavy atom. The van der Waals surface area contributed by atoms with E-state index in [0.29, 0.717) is 17.2 Å². The molecular weight excluding hydrogens is 224 g/mol. The van der Waals surface area contributed by atoms with Crippen LogP contribution in [0.1, 0.15) is 17.9 Å². The first kappa shape index (κ1) is 10.6. The van der Waals surface area contributed by atoms with Gasteiger partial charge in [0.1, 0.15) is 5.75 Å². The fraction of sp³-hybridized carbons (Fsp3) is 0.400. The van der Waals surface area contributed by atoms with Gasteiger partial charge in [0.05, 0.1) is 0 Å². The second kappa shape index (κ2) is 3.06. The lowest BCUT2D eigenvalue weighted by molar-refractivity contribution is -0.00204. The maximum absolute atomic E-state index is 12.7. The van der Waals surface area contributed by atoms with Gasteiger partial charge in [-0.15, -0.1) is 0 Å². The van der Waals surface area contributed by atoms with E-state index in [2.05, 4.69) is 0 Å². The molecule has 0 bridgehead atoms. The normalized spacial score (nSPS) is 30.3. The molecule has 3 N–H and O–H groups in total. The van der Waals surface area contributed by atoms with E-state index in [1.165, 1.54) is 0 Å². The van der Waals surface area contributed by atoms with Crippen molar-refractivity contribution in [1.82, 2.24) is 6.15 Å². The number of ether oxygens (including phenoxy) is 1. The molecule has 2 unspecified atom stereocenters. The number of benzene rings is 1. The highest BCUT2D eigenvalue weighted by molar-refractivity contribution is 6.30. The highest BCUT2D eigenvalue weighted by Crippen LogP contribution is 2.64. The summed E-state index contributed by atoms with van der Waals surface area (Å²) in [5.74, 6) is 0.392. The zero-order valence-electron chi connectivity index (χ0n) is 7.84. The van der Waals surface area contributed by atoms with Crippen LogP contribution in [0.3, 0.4) is 0 Å². The minimum absolute atomic E-state index is 0. The van der Waals surface area contributed by atoms with Gasteiger partial charge in [-0.2, -0.15) is 0 Å². The molecule has 5 heteroatoms. The molecule has 1 aliphatic carbocycles. The van der Waals surface area contributed by atoms with Crippen molar-refractivity contribution in [2.45, 2.75) is 24.4 Å². The minimum Gasteiger partial charge on any atom is -0.480 e. The lowest BCUT2D eigenvalue weighted by Gasteiger charge is -2.12. The molecule has 0 radical (unpaired) electrons. The zero-order valence-corrected chi connectivity index (χ0v) is 8.60. The van der Waals surface area contributed by atoms with Crippen molar-refractivity contribution < 1.29 is 13.5 Å². The van der Waals surface area contributed by atoms with Gasteiger partial charge in [0, 0.05) is 22.9 Å². The number of halogens is 3. The third-order valence-corrected chi connectivity index (χ3v) is 3.21. The molecule has 1 fully saturated rings. The Morgan fingerprint density at radius 2 is 2.20 bits per heavy atom. The summed E-state index contributed by atoms with van der Waals surface area (Å²) in [4.78, 5) is 0. The first-order chi connectivity index (χ1) is 6.63. The monoisotopic (exact) mass is 233 g/mol. The molecule has 82 valence electrons. The summed E-state index contributed by atoms with van der Waals surface area (Å²) in [6, 6.07) is 5.09. The van der Waals surface area contributed by atoms with Crippen LogP contribution < -0.4 is 10.9 Å². The van der Waals surface area contributed by atoms with Gasteiger partial charge in [-0.3, -0.25) is 0 Å². The average molecular weight is 234 g/mol. The Labute approximate surface area is 90.8 Å². The predicted molar refractivity (Wildman–Crippen MR) is 53.2 cm³/mol. The van der Waals surface area contributed by atoms with Crippen LogP contribution in [0.4, 0.5) is 8.78 Å². The molecule has 0 amide bonds. The Balaban J connectivity index is 0.000000853. The van der Waals surface area contributed by atoms with E-state index >= 15 is 0 Å². The Hall–Kier alpha value is -0.870. The maximum Gasteiger partial charge on any atom is 0.278 e. The fourth-order valence-electron chi connectivity index (χ4n) is 2.12. The molecule has 15 heavy (non-hydrogen) atoms.